The molecule has 2 unspecified atom stereocenters. The van der Waals surface area contributed by atoms with E-state index < -0.39 is 0 Å². The van der Waals surface area contributed by atoms with E-state index in [2.05, 4.69) is 5.32 Å². The zero-order chi connectivity index (χ0) is 13.7. The maximum absolute atomic E-state index is 12.2. The summed E-state index contributed by atoms with van der Waals surface area (Å²) in [5.41, 5.74) is 2.25. The van der Waals surface area contributed by atoms with Gasteiger partial charge in [-0.15, -0.1) is 0 Å². The summed E-state index contributed by atoms with van der Waals surface area (Å²) in [5.74, 6) is -0.388. The number of hydrogen-bond donors (Lipinski definition) is 1. The van der Waals surface area contributed by atoms with Crippen molar-refractivity contribution in [1.29, 1.82) is 0 Å². The van der Waals surface area contributed by atoms with Gasteiger partial charge in [0.15, 0.2) is 0 Å². The Kier molecular flexibility index (Phi) is 4.93. The van der Waals surface area contributed by atoms with Crippen LogP contribution in [0.2, 0.25) is 0 Å². The lowest BCUT2D eigenvalue weighted by molar-refractivity contribution is -0.152. The smallest absolute Gasteiger partial charge is 0.315 e. The topological polar surface area (TPSA) is 47.6 Å². The highest BCUT2D eigenvalue weighted by Crippen LogP contribution is 2.25. The molecule has 4 nitrogen and oxygen atoms in total. The van der Waals surface area contributed by atoms with E-state index in [1.165, 1.54) is 5.56 Å². The summed E-state index contributed by atoms with van der Waals surface area (Å²) in [7, 11) is 0. The molecule has 104 valence electrons. The Hall–Kier alpha value is -1.39. The molecule has 1 aliphatic rings. The Balaban J connectivity index is 2.00. The molecule has 1 N–H and O–H groups in total. The zero-order valence-electron chi connectivity index (χ0n) is 11.5. The Morgan fingerprint density at radius 2 is 2.26 bits per heavy atom. The first-order chi connectivity index (χ1) is 9.22. The highest BCUT2D eigenvalue weighted by molar-refractivity contribution is 5.79. The third kappa shape index (κ3) is 3.55. The second kappa shape index (κ2) is 6.68. The summed E-state index contributed by atoms with van der Waals surface area (Å²) < 4.78 is 10.7. The number of benzene rings is 1. The number of carbonyl (C=O) groups is 1. The standard InChI is InChI=1S/C15H21NO3/c1-3-18-10-11(2)19-15(17)14-9-16-8-12-6-4-5-7-13(12)14/h4-7,11,14,16H,3,8-10H2,1-2H3. The van der Waals surface area contributed by atoms with Crippen LogP contribution in [0, 0.1) is 0 Å². The maximum Gasteiger partial charge on any atom is 0.315 e. The van der Waals surface area contributed by atoms with Crippen LogP contribution in [0.5, 0.6) is 0 Å². The summed E-state index contributed by atoms with van der Waals surface area (Å²) in [6.07, 6.45) is -0.207. The molecular formula is C15H21NO3. The monoisotopic (exact) mass is 263 g/mol. The van der Waals surface area contributed by atoms with Crippen molar-refractivity contribution < 1.29 is 14.3 Å². The number of hydrogen-bond acceptors (Lipinski definition) is 4. The molecule has 1 aliphatic heterocycles. The lowest BCUT2D eigenvalue weighted by atomic mass is 9.91. The molecule has 0 spiro atoms. The Morgan fingerprint density at radius 3 is 3.05 bits per heavy atom. The van der Waals surface area contributed by atoms with Gasteiger partial charge in [0.25, 0.3) is 0 Å². The fourth-order valence-electron chi connectivity index (χ4n) is 2.30. The fourth-order valence-corrected chi connectivity index (χ4v) is 2.30. The van der Waals surface area contributed by atoms with Gasteiger partial charge in [0.05, 0.1) is 12.5 Å². The second-order valence-electron chi connectivity index (χ2n) is 4.79. The Labute approximate surface area is 114 Å². The van der Waals surface area contributed by atoms with Crippen LogP contribution in [0.1, 0.15) is 30.9 Å². The number of ether oxygens (including phenoxy) is 2. The summed E-state index contributed by atoms with van der Waals surface area (Å²) in [5, 5.41) is 3.26. The van der Waals surface area contributed by atoms with Gasteiger partial charge in [0.1, 0.15) is 6.10 Å². The minimum absolute atomic E-state index is 0.174. The largest absolute Gasteiger partial charge is 0.460 e. The van der Waals surface area contributed by atoms with E-state index in [9.17, 15) is 4.79 Å². The lowest BCUT2D eigenvalue weighted by Crippen LogP contribution is -2.35. The van der Waals surface area contributed by atoms with E-state index in [0.29, 0.717) is 19.8 Å². The van der Waals surface area contributed by atoms with Crippen LogP contribution in [-0.2, 0) is 20.8 Å². The Bertz CT molecular complexity index is 433. The quantitative estimate of drug-likeness (QED) is 0.824. The molecule has 0 saturated heterocycles. The third-order valence-corrected chi connectivity index (χ3v) is 3.25. The molecule has 0 aromatic heterocycles. The van der Waals surface area contributed by atoms with Crippen molar-refractivity contribution >= 4 is 5.97 Å². The van der Waals surface area contributed by atoms with Crippen LogP contribution in [0.15, 0.2) is 24.3 Å². The normalized spacial score (nSPS) is 19.6. The van der Waals surface area contributed by atoms with E-state index in [1.807, 2.05) is 38.1 Å². The molecule has 2 rings (SSSR count). The van der Waals surface area contributed by atoms with Gasteiger partial charge in [0.2, 0.25) is 0 Å². The SMILES string of the molecule is CCOCC(C)OC(=O)C1CNCc2ccccc21. The molecule has 1 aromatic carbocycles. The summed E-state index contributed by atoms with van der Waals surface area (Å²) in [4.78, 5) is 12.2. The Morgan fingerprint density at radius 1 is 1.47 bits per heavy atom. The predicted octanol–water partition coefficient (Wildman–Crippen LogP) is 1.84. The third-order valence-electron chi connectivity index (χ3n) is 3.25. The molecule has 1 heterocycles. The van der Waals surface area contributed by atoms with Crippen molar-refractivity contribution in [3.63, 3.8) is 0 Å². The predicted molar refractivity (Wildman–Crippen MR) is 72.9 cm³/mol. The van der Waals surface area contributed by atoms with E-state index in [-0.39, 0.29) is 18.0 Å². The van der Waals surface area contributed by atoms with E-state index in [1.54, 1.807) is 0 Å². The van der Waals surface area contributed by atoms with Gasteiger partial charge in [-0.25, -0.2) is 0 Å². The second-order valence-corrected chi connectivity index (χ2v) is 4.79. The van der Waals surface area contributed by atoms with Crippen LogP contribution in [0.3, 0.4) is 0 Å². The maximum atomic E-state index is 12.2. The first-order valence-electron chi connectivity index (χ1n) is 6.79. The van der Waals surface area contributed by atoms with Gasteiger partial charge in [-0.2, -0.15) is 0 Å². The van der Waals surface area contributed by atoms with Crippen molar-refractivity contribution in [1.82, 2.24) is 5.32 Å². The van der Waals surface area contributed by atoms with E-state index >= 15 is 0 Å². The highest BCUT2D eigenvalue weighted by atomic mass is 16.6. The molecule has 0 radical (unpaired) electrons. The number of nitrogens with one attached hydrogen (secondary N) is 1. The minimum atomic E-state index is -0.214. The molecular weight excluding hydrogens is 242 g/mol. The molecule has 0 aliphatic carbocycles. The molecule has 0 saturated carbocycles. The summed E-state index contributed by atoms with van der Waals surface area (Å²) in [6.45, 7) is 6.32. The first-order valence-corrected chi connectivity index (χ1v) is 6.79. The van der Waals surface area contributed by atoms with E-state index in [4.69, 9.17) is 9.47 Å². The summed E-state index contributed by atoms with van der Waals surface area (Å²) in [6, 6.07) is 8.01. The van der Waals surface area contributed by atoms with Gasteiger partial charge in [-0.05, 0) is 25.0 Å². The van der Waals surface area contributed by atoms with E-state index in [0.717, 1.165) is 12.1 Å². The van der Waals surface area contributed by atoms with Crippen molar-refractivity contribution in [2.75, 3.05) is 19.8 Å². The van der Waals surface area contributed by atoms with Crippen molar-refractivity contribution in [2.45, 2.75) is 32.4 Å². The van der Waals surface area contributed by atoms with Crippen LogP contribution in [0.25, 0.3) is 0 Å². The molecule has 0 amide bonds. The number of carbonyl (C=O) groups excluding carboxylic acids is 1. The van der Waals surface area contributed by atoms with Gasteiger partial charge < -0.3 is 14.8 Å². The van der Waals surface area contributed by atoms with Crippen molar-refractivity contribution in [3.8, 4) is 0 Å². The minimum Gasteiger partial charge on any atom is -0.460 e. The van der Waals surface area contributed by atoms with Gasteiger partial charge >= 0.3 is 5.97 Å². The number of fused-ring (bicyclic) bond motifs is 1. The first kappa shape index (κ1) is 14.0. The van der Waals surface area contributed by atoms with Crippen LogP contribution in [-0.4, -0.2) is 31.8 Å². The number of esters is 1. The van der Waals surface area contributed by atoms with Crippen LogP contribution >= 0.6 is 0 Å². The molecule has 2 atom stereocenters. The van der Waals surface area contributed by atoms with Gasteiger partial charge in [-0.3, -0.25) is 4.79 Å². The fraction of sp³-hybridized carbons (Fsp3) is 0.533. The lowest BCUT2D eigenvalue weighted by Gasteiger charge is -2.26. The van der Waals surface area contributed by atoms with Gasteiger partial charge in [0, 0.05) is 19.7 Å². The zero-order valence-corrected chi connectivity index (χ0v) is 11.5. The summed E-state index contributed by atoms with van der Waals surface area (Å²) >= 11 is 0. The molecule has 19 heavy (non-hydrogen) atoms. The van der Waals surface area contributed by atoms with Crippen molar-refractivity contribution in [2.24, 2.45) is 0 Å². The molecule has 1 aromatic rings. The molecule has 0 bridgehead atoms. The van der Waals surface area contributed by atoms with Crippen LogP contribution < -0.4 is 5.32 Å². The average molecular weight is 263 g/mol. The number of rotatable bonds is 5. The van der Waals surface area contributed by atoms with Crippen LogP contribution in [0.4, 0.5) is 0 Å². The van der Waals surface area contributed by atoms with Crippen molar-refractivity contribution in [3.05, 3.63) is 35.4 Å². The molecule has 0 fully saturated rings. The molecule has 4 heteroatoms. The van der Waals surface area contributed by atoms with Gasteiger partial charge in [-0.1, -0.05) is 24.3 Å². The highest BCUT2D eigenvalue weighted by Gasteiger charge is 2.28. The average Bonchev–Trinajstić information content (AvgIpc) is 2.44.